The summed E-state index contributed by atoms with van der Waals surface area (Å²) in [5, 5.41) is 10.6. The predicted molar refractivity (Wildman–Crippen MR) is 123 cm³/mol. The Morgan fingerprint density at radius 3 is 2.55 bits per heavy atom. The molecule has 0 amide bonds. The van der Waals surface area contributed by atoms with Crippen molar-refractivity contribution >= 4 is 0 Å². The van der Waals surface area contributed by atoms with Gasteiger partial charge in [-0.2, -0.15) is 0 Å². The van der Waals surface area contributed by atoms with E-state index >= 15 is 0 Å². The van der Waals surface area contributed by atoms with Crippen LogP contribution in [0.25, 0.3) is 0 Å². The Morgan fingerprint density at radius 2 is 1.77 bits per heavy atom. The summed E-state index contributed by atoms with van der Waals surface area (Å²) < 4.78 is 13.4. The highest BCUT2D eigenvalue weighted by Gasteiger charge is 2.18. The third kappa shape index (κ3) is 7.64. The van der Waals surface area contributed by atoms with Crippen LogP contribution in [0.15, 0.2) is 72.9 Å². The molecule has 5 nitrogen and oxygen atoms in total. The number of hydrogen-bond acceptors (Lipinski definition) is 3. The van der Waals surface area contributed by atoms with E-state index in [0.29, 0.717) is 26.4 Å². The van der Waals surface area contributed by atoms with Crippen molar-refractivity contribution in [1.29, 1.82) is 0 Å². The number of ether oxygens (including phenoxy) is 2. The maximum atomic E-state index is 10.6. The van der Waals surface area contributed by atoms with Gasteiger partial charge in [-0.1, -0.05) is 54.6 Å². The van der Waals surface area contributed by atoms with Gasteiger partial charge < -0.3 is 24.0 Å². The monoisotopic (exact) mass is 423 g/mol. The highest BCUT2D eigenvalue weighted by molar-refractivity contribution is 5.26. The molecule has 1 heterocycles. The van der Waals surface area contributed by atoms with Crippen molar-refractivity contribution in [3.8, 4) is 0 Å². The Balaban J connectivity index is 1.56. The molecule has 0 aliphatic heterocycles. The number of aliphatic hydroxyl groups is 1. The average Bonchev–Trinajstić information content (AvgIpc) is 3.21. The first-order valence-corrected chi connectivity index (χ1v) is 11.0. The molecule has 0 spiro atoms. The Hall–Kier alpha value is -2.44. The van der Waals surface area contributed by atoms with Gasteiger partial charge in [0.1, 0.15) is 25.7 Å². The minimum atomic E-state index is -0.518. The molecule has 5 heteroatoms. The minimum Gasteiger partial charge on any atom is -0.385 e. The normalized spacial score (nSPS) is 13.3. The van der Waals surface area contributed by atoms with Crippen LogP contribution < -0.4 is 4.90 Å². The van der Waals surface area contributed by atoms with Crippen LogP contribution in [0.4, 0.5) is 0 Å². The van der Waals surface area contributed by atoms with Crippen molar-refractivity contribution in [2.45, 2.75) is 32.7 Å². The zero-order chi connectivity index (χ0) is 21.9. The van der Waals surface area contributed by atoms with E-state index in [0.717, 1.165) is 25.2 Å². The van der Waals surface area contributed by atoms with E-state index in [2.05, 4.69) is 54.1 Å². The van der Waals surface area contributed by atoms with Gasteiger partial charge >= 0.3 is 0 Å². The van der Waals surface area contributed by atoms with Crippen molar-refractivity contribution in [3.05, 3.63) is 95.3 Å². The second-order valence-corrected chi connectivity index (χ2v) is 8.08. The number of aliphatic hydroxyl groups excluding tert-OH is 1. The fraction of sp³-hybridized carbons (Fsp3) is 0.385. The van der Waals surface area contributed by atoms with Crippen LogP contribution in [-0.2, 0) is 29.2 Å². The lowest BCUT2D eigenvalue weighted by Gasteiger charge is -2.23. The largest absolute Gasteiger partial charge is 0.385 e. The van der Waals surface area contributed by atoms with Crippen LogP contribution in [0.2, 0.25) is 0 Å². The van der Waals surface area contributed by atoms with Gasteiger partial charge in [0.2, 0.25) is 0 Å². The summed E-state index contributed by atoms with van der Waals surface area (Å²) in [6.07, 6.45) is 1.62. The molecule has 3 rings (SSSR count). The Kier molecular flexibility index (Phi) is 9.31. The van der Waals surface area contributed by atoms with Crippen LogP contribution in [-0.4, -0.2) is 49.2 Å². The fourth-order valence-corrected chi connectivity index (χ4v) is 3.78. The van der Waals surface area contributed by atoms with Gasteiger partial charge in [0.15, 0.2) is 0 Å². The number of aromatic nitrogens is 1. The summed E-state index contributed by atoms with van der Waals surface area (Å²) in [7, 11) is 1.72. The number of rotatable bonds is 13. The van der Waals surface area contributed by atoms with Gasteiger partial charge in [-0.15, -0.1) is 0 Å². The maximum Gasteiger partial charge on any atom is 0.126 e. The molecule has 2 N–H and O–H groups in total. The Bertz CT molecular complexity index is 894. The molecule has 0 fully saturated rings. The van der Waals surface area contributed by atoms with Gasteiger partial charge in [0.05, 0.1) is 25.5 Å². The minimum absolute atomic E-state index is 0.329. The van der Waals surface area contributed by atoms with Crippen molar-refractivity contribution in [2.75, 3.05) is 33.4 Å². The number of methoxy groups -OCH3 is 1. The van der Waals surface area contributed by atoms with E-state index < -0.39 is 6.10 Å². The smallest absolute Gasteiger partial charge is 0.126 e. The van der Waals surface area contributed by atoms with Crippen LogP contribution in [0.1, 0.15) is 22.4 Å². The van der Waals surface area contributed by atoms with Crippen molar-refractivity contribution in [2.24, 2.45) is 0 Å². The Morgan fingerprint density at radius 1 is 1.00 bits per heavy atom. The molecule has 1 aromatic heterocycles. The highest BCUT2D eigenvalue weighted by atomic mass is 16.5. The van der Waals surface area contributed by atoms with E-state index in [-0.39, 0.29) is 0 Å². The molecular weight excluding hydrogens is 388 g/mol. The lowest BCUT2D eigenvalue weighted by Crippen LogP contribution is -3.12. The SMILES string of the molecule is COCC[NH+](Cc1cccn1Cc1ccccc1C)C[C@H](O)COCc1ccccc1. The van der Waals surface area contributed by atoms with Crippen molar-refractivity contribution in [1.82, 2.24) is 4.57 Å². The summed E-state index contributed by atoms with van der Waals surface area (Å²) in [5.74, 6) is 0. The molecule has 1 unspecified atom stereocenters. The zero-order valence-corrected chi connectivity index (χ0v) is 18.7. The molecule has 2 aromatic carbocycles. The first kappa shape index (κ1) is 23.2. The van der Waals surface area contributed by atoms with Crippen LogP contribution >= 0.6 is 0 Å². The lowest BCUT2D eigenvalue weighted by atomic mass is 10.1. The van der Waals surface area contributed by atoms with E-state index in [1.807, 2.05) is 30.3 Å². The summed E-state index contributed by atoms with van der Waals surface area (Å²) in [4.78, 5) is 1.28. The molecule has 3 aromatic rings. The molecule has 166 valence electrons. The second-order valence-electron chi connectivity index (χ2n) is 8.08. The van der Waals surface area contributed by atoms with E-state index in [9.17, 15) is 5.11 Å². The number of nitrogens with zero attached hydrogens (tertiary/aromatic N) is 1. The quantitative estimate of drug-likeness (QED) is 0.444. The van der Waals surface area contributed by atoms with Gasteiger partial charge in [0.25, 0.3) is 0 Å². The van der Waals surface area contributed by atoms with Crippen LogP contribution in [0, 0.1) is 6.92 Å². The van der Waals surface area contributed by atoms with E-state index in [1.54, 1.807) is 7.11 Å². The lowest BCUT2D eigenvalue weighted by molar-refractivity contribution is -0.917. The van der Waals surface area contributed by atoms with Crippen molar-refractivity contribution < 1.29 is 19.5 Å². The summed E-state index contributed by atoms with van der Waals surface area (Å²) in [5.41, 5.74) is 5.00. The number of nitrogens with one attached hydrogen (secondary N) is 1. The zero-order valence-electron chi connectivity index (χ0n) is 18.7. The molecule has 0 aliphatic carbocycles. The predicted octanol–water partition coefficient (Wildman–Crippen LogP) is 2.45. The molecule has 0 saturated carbocycles. The summed E-state index contributed by atoms with van der Waals surface area (Å²) in [6.45, 7) is 6.80. The number of aryl methyl sites for hydroxylation is 1. The third-order valence-electron chi connectivity index (χ3n) is 5.56. The first-order chi connectivity index (χ1) is 15.2. The maximum absolute atomic E-state index is 10.6. The van der Waals surface area contributed by atoms with E-state index in [4.69, 9.17) is 9.47 Å². The number of quaternary nitrogens is 1. The second kappa shape index (κ2) is 12.4. The first-order valence-electron chi connectivity index (χ1n) is 11.0. The van der Waals surface area contributed by atoms with Gasteiger partial charge in [-0.05, 0) is 35.7 Å². The van der Waals surface area contributed by atoms with Crippen molar-refractivity contribution in [3.63, 3.8) is 0 Å². The fourth-order valence-electron chi connectivity index (χ4n) is 3.78. The molecule has 0 saturated heterocycles. The molecule has 0 radical (unpaired) electrons. The number of hydrogen-bond donors (Lipinski definition) is 2. The van der Waals surface area contributed by atoms with Crippen LogP contribution in [0.5, 0.6) is 0 Å². The van der Waals surface area contributed by atoms with E-state index in [1.165, 1.54) is 21.7 Å². The topological polar surface area (TPSA) is 48.1 Å². The van der Waals surface area contributed by atoms with Gasteiger partial charge in [0, 0.05) is 19.9 Å². The highest BCUT2D eigenvalue weighted by Crippen LogP contribution is 2.11. The van der Waals surface area contributed by atoms with Gasteiger partial charge in [-0.3, -0.25) is 0 Å². The molecule has 2 atom stereocenters. The third-order valence-corrected chi connectivity index (χ3v) is 5.56. The molecular formula is C26H35N2O3+. The summed E-state index contributed by atoms with van der Waals surface area (Å²) >= 11 is 0. The van der Waals surface area contributed by atoms with Crippen LogP contribution in [0.3, 0.4) is 0 Å². The summed E-state index contributed by atoms with van der Waals surface area (Å²) in [6, 6.07) is 22.8. The number of benzene rings is 2. The molecule has 0 aliphatic rings. The standard InChI is InChI=1S/C26H34N2O3/c1-22-9-6-7-12-24(22)17-28-14-8-13-25(28)18-27(15-16-30-2)19-26(29)21-31-20-23-10-4-3-5-11-23/h3-14,26,29H,15-21H2,1-2H3/p+1/t26-/m0/s1. The molecule has 31 heavy (non-hydrogen) atoms. The van der Waals surface area contributed by atoms with Gasteiger partial charge in [-0.25, -0.2) is 0 Å². The average molecular weight is 424 g/mol. The Labute approximate surface area is 185 Å². The molecule has 0 bridgehead atoms.